The van der Waals surface area contributed by atoms with E-state index in [1.807, 2.05) is 23.9 Å². The van der Waals surface area contributed by atoms with Crippen LogP contribution in [0.5, 0.6) is 0 Å². The number of carbonyl (C=O) groups is 2. The molecule has 24 heavy (non-hydrogen) atoms. The lowest BCUT2D eigenvalue weighted by Crippen LogP contribution is -2.53. The minimum absolute atomic E-state index is 0.0736. The Morgan fingerprint density at radius 1 is 1.21 bits per heavy atom. The maximum absolute atomic E-state index is 12.7. The summed E-state index contributed by atoms with van der Waals surface area (Å²) in [5, 5.41) is 3.05. The molecule has 0 bridgehead atoms. The van der Waals surface area contributed by atoms with Crippen LogP contribution in [-0.2, 0) is 4.79 Å². The zero-order chi connectivity index (χ0) is 17.7. The molecule has 1 fully saturated rings. The van der Waals surface area contributed by atoms with E-state index in [9.17, 15) is 9.59 Å². The van der Waals surface area contributed by atoms with Gasteiger partial charge in [-0.3, -0.25) is 19.5 Å². The van der Waals surface area contributed by atoms with Crippen LogP contribution >= 0.6 is 0 Å². The molecular weight excluding hydrogens is 304 g/mol. The fourth-order valence-electron chi connectivity index (χ4n) is 3.31. The molecule has 1 aliphatic rings. The second-order valence-electron chi connectivity index (χ2n) is 6.96. The van der Waals surface area contributed by atoms with Crippen LogP contribution in [0.3, 0.4) is 0 Å². The molecule has 0 aliphatic carbocycles. The number of amides is 2. The molecule has 0 radical (unpaired) electrons. The molecule has 2 rings (SSSR count). The lowest BCUT2D eigenvalue weighted by Gasteiger charge is -2.37. The van der Waals surface area contributed by atoms with Crippen molar-refractivity contribution in [1.82, 2.24) is 20.1 Å². The van der Waals surface area contributed by atoms with Gasteiger partial charge in [-0.05, 0) is 45.0 Å². The minimum atomic E-state index is -0.0899. The Hall–Kier alpha value is -1.95. The Balaban J connectivity index is 1.87. The highest BCUT2D eigenvalue weighted by Gasteiger charge is 2.31. The zero-order valence-electron chi connectivity index (χ0n) is 15.0. The van der Waals surface area contributed by atoms with E-state index in [0.29, 0.717) is 18.7 Å². The number of nitrogens with one attached hydrogen (secondary N) is 1. The molecule has 0 saturated carbocycles. The molecule has 6 heteroatoms. The van der Waals surface area contributed by atoms with Crippen molar-refractivity contribution in [3.05, 3.63) is 30.1 Å². The maximum Gasteiger partial charge on any atom is 0.251 e. The quantitative estimate of drug-likeness (QED) is 0.885. The third-order valence-corrected chi connectivity index (χ3v) is 4.53. The molecule has 0 aromatic carbocycles. The summed E-state index contributed by atoms with van der Waals surface area (Å²) < 4.78 is 0. The van der Waals surface area contributed by atoms with Crippen LogP contribution < -0.4 is 5.32 Å². The smallest absolute Gasteiger partial charge is 0.251 e. The van der Waals surface area contributed by atoms with E-state index in [0.717, 1.165) is 12.8 Å². The maximum atomic E-state index is 12.7. The number of likely N-dealkylation sites (tertiary alicyclic amines) is 1. The highest BCUT2D eigenvalue weighted by atomic mass is 16.2. The highest BCUT2D eigenvalue weighted by Crippen LogP contribution is 2.17. The zero-order valence-corrected chi connectivity index (χ0v) is 15.0. The number of likely N-dealkylation sites (N-methyl/N-ethyl adjacent to an activating group) is 1. The lowest BCUT2D eigenvalue weighted by atomic mass is 9.98. The Kier molecular flexibility index (Phi) is 6.31. The number of carbonyl (C=O) groups excluding carboxylic acids is 2. The molecule has 1 saturated heterocycles. The van der Waals surface area contributed by atoms with Crippen LogP contribution in [-0.4, -0.2) is 65.9 Å². The van der Waals surface area contributed by atoms with Crippen molar-refractivity contribution in [3.63, 3.8) is 0 Å². The fraction of sp³-hybridized carbons (Fsp3) is 0.611. The first-order valence-corrected chi connectivity index (χ1v) is 8.56. The topological polar surface area (TPSA) is 65.5 Å². The number of hydrogen-bond acceptors (Lipinski definition) is 4. The SMILES string of the molecule is CC(C)[C@@H](C(=O)N1CCC(NC(=O)c2ccncc2)CC1)N(C)C. The lowest BCUT2D eigenvalue weighted by molar-refractivity contribution is -0.138. The van der Waals surface area contributed by atoms with Crippen molar-refractivity contribution < 1.29 is 9.59 Å². The molecule has 0 unspecified atom stereocenters. The molecule has 1 aromatic rings. The summed E-state index contributed by atoms with van der Waals surface area (Å²) in [4.78, 5) is 32.8. The van der Waals surface area contributed by atoms with E-state index in [1.54, 1.807) is 24.5 Å². The number of piperidine rings is 1. The first-order chi connectivity index (χ1) is 11.4. The number of hydrogen-bond donors (Lipinski definition) is 1. The normalized spacial score (nSPS) is 17.2. The highest BCUT2D eigenvalue weighted by molar-refractivity contribution is 5.94. The molecule has 1 N–H and O–H groups in total. The number of rotatable bonds is 5. The molecule has 6 nitrogen and oxygen atoms in total. The van der Waals surface area contributed by atoms with Crippen LogP contribution in [0, 0.1) is 5.92 Å². The monoisotopic (exact) mass is 332 g/mol. The second kappa shape index (κ2) is 8.24. The Morgan fingerprint density at radius 2 is 1.79 bits per heavy atom. The van der Waals surface area contributed by atoms with Crippen LogP contribution in [0.2, 0.25) is 0 Å². The van der Waals surface area contributed by atoms with Crippen molar-refractivity contribution in [3.8, 4) is 0 Å². The molecule has 1 atom stereocenters. The number of pyridine rings is 1. The van der Waals surface area contributed by atoms with E-state index in [1.165, 1.54) is 0 Å². The summed E-state index contributed by atoms with van der Waals surface area (Å²) in [6, 6.07) is 3.44. The molecule has 2 amide bonds. The molecule has 2 heterocycles. The summed E-state index contributed by atoms with van der Waals surface area (Å²) in [7, 11) is 3.90. The van der Waals surface area contributed by atoms with Crippen LogP contribution in [0.15, 0.2) is 24.5 Å². The van der Waals surface area contributed by atoms with Gasteiger partial charge in [0.25, 0.3) is 5.91 Å². The summed E-state index contributed by atoms with van der Waals surface area (Å²) >= 11 is 0. The predicted octanol–water partition coefficient (Wildman–Crippen LogP) is 1.39. The minimum Gasteiger partial charge on any atom is -0.349 e. The first kappa shape index (κ1) is 18.4. The van der Waals surface area contributed by atoms with Gasteiger partial charge < -0.3 is 10.2 Å². The summed E-state index contributed by atoms with van der Waals surface area (Å²) in [5.74, 6) is 0.390. The largest absolute Gasteiger partial charge is 0.349 e. The van der Waals surface area contributed by atoms with Gasteiger partial charge in [-0.15, -0.1) is 0 Å². The second-order valence-corrected chi connectivity index (χ2v) is 6.96. The van der Waals surface area contributed by atoms with E-state index in [-0.39, 0.29) is 29.8 Å². The van der Waals surface area contributed by atoms with E-state index >= 15 is 0 Å². The third kappa shape index (κ3) is 4.54. The fourth-order valence-corrected chi connectivity index (χ4v) is 3.31. The Bertz CT molecular complexity index is 543. The summed E-state index contributed by atoms with van der Waals surface area (Å²) in [5.41, 5.74) is 0.621. The van der Waals surface area contributed by atoms with Crippen molar-refractivity contribution in [2.24, 2.45) is 5.92 Å². The van der Waals surface area contributed by atoms with Crippen molar-refractivity contribution in [1.29, 1.82) is 0 Å². The van der Waals surface area contributed by atoms with Gasteiger partial charge >= 0.3 is 0 Å². The molecule has 1 aliphatic heterocycles. The third-order valence-electron chi connectivity index (χ3n) is 4.53. The first-order valence-electron chi connectivity index (χ1n) is 8.56. The van der Waals surface area contributed by atoms with Gasteiger partial charge in [0.1, 0.15) is 0 Å². The van der Waals surface area contributed by atoms with E-state index in [2.05, 4.69) is 24.1 Å². The van der Waals surface area contributed by atoms with Crippen LogP contribution in [0.1, 0.15) is 37.0 Å². The predicted molar refractivity (Wildman–Crippen MR) is 93.6 cm³/mol. The van der Waals surface area contributed by atoms with Gasteiger partial charge in [0.15, 0.2) is 0 Å². The van der Waals surface area contributed by atoms with Crippen molar-refractivity contribution in [2.75, 3.05) is 27.2 Å². The number of aromatic nitrogens is 1. The molecule has 0 spiro atoms. The van der Waals surface area contributed by atoms with Crippen molar-refractivity contribution in [2.45, 2.75) is 38.8 Å². The molecule has 132 valence electrons. The van der Waals surface area contributed by atoms with Gasteiger partial charge in [-0.2, -0.15) is 0 Å². The van der Waals surface area contributed by atoms with E-state index < -0.39 is 0 Å². The number of nitrogens with zero attached hydrogens (tertiary/aromatic N) is 3. The average Bonchev–Trinajstić information content (AvgIpc) is 2.55. The Labute approximate surface area is 144 Å². The molecular formula is C18H28N4O2. The van der Waals surface area contributed by atoms with Crippen molar-refractivity contribution >= 4 is 11.8 Å². The van der Waals surface area contributed by atoms with Gasteiger partial charge in [0.05, 0.1) is 6.04 Å². The molecule has 1 aromatic heterocycles. The van der Waals surface area contributed by atoms with Gasteiger partial charge in [-0.1, -0.05) is 13.8 Å². The van der Waals surface area contributed by atoms with Crippen LogP contribution in [0.4, 0.5) is 0 Å². The summed E-state index contributed by atoms with van der Waals surface area (Å²) in [6.45, 7) is 5.53. The van der Waals surface area contributed by atoms with Crippen LogP contribution in [0.25, 0.3) is 0 Å². The van der Waals surface area contributed by atoms with E-state index in [4.69, 9.17) is 0 Å². The Morgan fingerprint density at radius 3 is 2.29 bits per heavy atom. The summed E-state index contributed by atoms with van der Waals surface area (Å²) in [6.07, 6.45) is 4.81. The average molecular weight is 332 g/mol. The van der Waals surface area contributed by atoms with Gasteiger partial charge in [0, 0.05) is 37.1 Å². The standard InChI is InChI=1S/C18H28N4O2/c1-13(2)16(21(3)4)18(24)22-11-7-15(8-12-22)20-17(23)14-5-9-19-10-6-14/h5-6,9-10,13,15-16H,7-8,11-12H2,1-4H3,(H,20,23)/t16-/m0/s1. The van der Waals surface area contributed by atoms with Gasteiger partial charge in [0.2, 0.25) is 5.91 Å². The van der Waals surface area contributed by atoms with Gasteiger partial charge in [-0.25, -0.2) is 0 Å².